The molecule has 2 N–H and O–H groups in total. The minimum Gasteiger partial charge on any atom is -0.339 e. The van der Waals surface area contributed by atoms with Gasteiger partial charge in [-0.25, -0.2) is 0 Å². The molecule has 0 bridgehead atoms. The highest BCUT2D eigenvalue weighted by atomic mass is 16.2. The van der Waals surface area contributed by atoms with Gasteiger partial charge in [0, 0.05) is 12.6 Å². The van der Waals surface area contributed by atoms with E-state index in [0.717, 1.165) is 19.4 Å². The molecule has 0 radical (unpaired) electrons. The number of nitrogens with zero attached hydrogens (tertiary/aromatic N) is 1. The summed E-state index contributed by atoms with van der Waals surface area (Å²) in [6.07, 6.45) is 2.52. The predicted molar refractivity (Wildman–Crippen MR) is 79.9 cm³/mol. The maximum Gasteiger partial charge on any atom is 0.239 e. The standard InChI is InChI=1S/C16H26N2O/c1-4-13(3)18(5-2)16(19)15(17)12-11-14-9-7-6-8-10-14/h6-10,13,15H,4-5,11-12,17H2,1-3H3/t13?,15-/m0/s1. The van der Waals surface area contributed by atoms with Crippen LogP contribution in [-0.4, -0.2) is 29.4 Å². The Morgan fingerprint density at radius 3 is 2.42 bits per heavy atom. The van der Waals surface area contributed by atoms with Crippen molar-refractivity contribution in [2.45, 2.75) is 52.1 Å². The van der Waals surface area contributed by atoms with Gasteiger partial charge in [0.2, 0.25) is 5.91 Å². The first-order valence-corrected chi connectivity index (χ1v) is 7.20. The Kier molecular flexibility index (Phi) is 6.57. The number of amides is 1. The number of hydrogen-bond donors (Lipinski definition) is 1. The van der Waals surface area contributed by atoms with Gasteiger partial charge in [0.25, 0.3) is 0 Å². The molecule has 0 spiro atoms. The van der Waals surface area contributed by atoms with Gasteiger partial charge in [0.15, 0.2) is 0 Å². The van der Waals surface area contributed by atoms with Crippen molar-refractivity contribution in [3.05, 3.63) is 35.9 Å². The van der Waals surface area contributed by atoms with Crippen molar-refractivity contribution >= 4 is 5.91 Å². The maximum atomic E-state index is 12.3. The lowest BCUT2D eigenvalue weighted by Gasteiger charge is -2.29. The lowest BCUT2D eigenvalue weighted by Crippen LogP contribution is -2.47. The van der Waals surface area contributed by atoms with Crippen LogP contribution in [0.5, 0.6) is 0 Å². The van der Waals surface area contributed by atoms with Gasteiger partial charge in [-0.15, -0.1) is 0 Å². The third-order valence-electron chi connectivity index (χ3n) is 3.65. The summed E-state index contributed by atoms with van der Waals surface area (Å²) >= 11 is 0. The molecule has 106 valence electrons. The van der Waals surface area contributed by atoms with Gasteiger partial charge >= 0.3 is 0 Å². The first-order valence-electron chi connectivity index (χ1n) is 7.20. The van der Waals surface area contributed by atoms with Crippen LogP contribution in [0.1, 0.15) is 39.2 Å². The van der Waals surface area contributed by atoms with Gasteiger partial charge in [-0.3, -0.25) is 4.79 Å². The van der Waals surface area contributed by atoms with Crippen LogP contribution < -0.4 is 5.73 Å². The van der Waals surface area contributed by atoms with Crippen LogP contribution in [0.15, 0.2) is 30.3 Å². The maximum absolute atomic E-state index is 12.3. The summed E-state index contributed by atoms with van der Waals surface area (Å²) in [6, 6.07) is 10.0. The summed E-state index contributed by atoms with van der Waals surface area (Å²) in [5.41, 5.74) is 7.28. The summed E-state index contributed by atoms with van der Waals surface area (Å²) in [5, 5.41) is 0. The molecule has 0 aromatic heterocycles. The van der Waals surface area contributed by atoms with Gasteiger partial charge in [0.1, 0.15) is 0 Å². The molecule has 1 aromatic carbocycles. The van der Waals surface area contributed by atoms with Gasteiger partial charge in [-0.1, -0.05) is 37.3 Å². The molecule has 0 aliphatic heterocycles. The number of carbonyl (C=O) groups is 1. The van der Waals surface area contributed by atoms with Crippen molar-refractivity contribution in [1.29, 1.82) is 0 Å². The molecule has 3 nitrogen and oxygen atoms in total. The summed E-state index contributed by atoms with van der Waals surface area (Å²) < 4.78 is 0. The third kappa shape index (κ3) is 4.67. The minimum absolute atomic E-state index is 0.0766. The Morgan fingerprint density at radius 1 is 1.26 bits per heavy atom. The van der Waals surface area contributed by atoms with Gasteiger partial charge in [-0.2, -0.15) is 0 Å². The number of aryl methyl sites for hydroxylation is 1. The SMILES string of the molecule is CCC(C)N(CC)C(=O)[C@@H](N)CCc1ccccc1. The van der Waals surface area contributed by atoms with Crippen LogP contribution in [0.25, 0.3) is 0 Å². The van der Waals surface area contributed by atoms with E-state index in [1.807, 2.05) is 30.0 Å². The predicted octanol–water partition coefficient (Wildman–Crippen LogP) is 2.59. The Labute approximate surface area is 116 Å². The largest absolute Gasteiger partial charge is 0.339 e. The van der Waals surface area contributed by atoms with Crippen molar-refractivity contribution in [1.82, 2.24) is 4.90 Å². The molecule has 0 aliphatic rings. The van der Waals surface area contributed by atoms with E-state index in [0.29, 0.717) is 6.42 Å². The second-order valence-corrected chi connectivity index (χ2v) is 5.01. The Bertz CT molecular complexity index is 378. The van der Waals surface area contributed by atoms with Crippen LogP contribution in [-0.2, 0) is 11.2 Å². The average molecular weight is 262 g/mol. The van der Waals surface area contributed by atoms with Crippen LogP contribution in [0.2, 0.25) is 0 Å². The molecule has 0 fully saturated rings. The quantitative estimate of drug-likeness (QED) is 0.821. The Balaban J connectivity index is 2.52. The Hall–Kier alpha value is -1.35. The molecule has 3 heteroatoms. The molecule has 19 heavy (non-hydrogen) atoms. The van der Waals surface area contributed by atoms with Gasteiger partial charge in [0.05, 0.1) is 6.04 Å². The van der Waals surface area contributed by atoms with Gasteiger partial charge < -0.3 is 10.6 Å². The molecule has 1 unspecified atom stereocenters. The highest BCUT2D eigenvalue weighted by molar-refractivity contribution is 5.81. The van der Waals surface area contributed by atoms with Crippen molar-refractivity contribution in [2.24, 2.45) is 5.73 Å². The first kappa shape index (κ1) is 15.7. The number of hydrogen-bond acceptors (Lipinski definition) is 2. The van der Waals surface area contributed by atoms with E-state index in [9.17, 15) is 4.79 Å². The highest BCUT2D eigenvalue weighted by Gasteiger charge is 2.22. The molecule has 0 saturated heterocycles. The molecular formula is C16H26N2O. The lowest BCUT2D eigenvalue weighted by molar-refractivity contribution is -0.134. The number of benzene rings is 1. The van der Waals surface area contributed by atoms with Crippen LogP contribution >= 0.6 is 0 Å². The van der Waals surface area contributed by atoms with Crippen molar-refractivity contribution in [2.75, 3.05) is 6.54 Å². The molecule has 0 saturated carbocycles. The highest BCUT2D eigenvalue weighted by Crippen LogP contribution is 2.09. The molecule has 1 rings (SSSR count). The zero-order valence-corrected chi connectivity index (χ0v) is 12.3. The fraction of sp³-hybridized carbons (Fsp3) is 0.562. The summed E-state index contributed by atoms with van der Waals surface area (Å²) in [5.74, 6) is 0.0766. The van der Waals surface area contributed by atoms with E-state index >= 15 is 0 Å². The second-order valence-electron chi connectivity index (χ2n) is 5.01. The average Bonchev–Trinajstić information content (AvgIpc) is 2.46. The van der Waals surface area contributed by atoms with E-state index < -0.39 is 6.04 Å². The minimum atomic E-state index is -0.394. The van der Waals surface area contributed by atoms with E-state index in [2.05, 4.69) is 26.0 Å². The van der Waals surface area contributed by atoms with Gasteiger partial charge in [-0.05, 0) is 38.7 Å². The molecule has 0 heterocycles. The number of nitrogens with two attached hydrogens (primary N) is 1. The lowest BCUT2D eigenvalue weighted by atomic mass is 10.0. The topological polar surface area (TPSA) is 46.3 Å². The normalized spacial score (nSPS) is 13.9. The fourth-order valence-corrected chi connectivity index (χ4v) is 2.21. The zero-order valence-electron chi connectivity index (χ0n) is 12.3. The van der Waals surface area contributed by atoms with Crippen LogP contribution in [0.4, 0.5) is 0 Å². The van der Waals surface area contributed by atoms with Crippen LogP contribution in [0, 0.1) is 0 Å². The van der Waals surface area contributed by atoms with E-state index in [1.54, 1.807) is 0 Å². The monoisotopic (exact) mass is 262 g/mol. The summed E-state index contributed by atoms with van der Waals surface area (Å²) in [7, 11) is 0. The van der Waals surface area contributed by atoms with Crippen LogP contribution in [0.3, 0.4) is 0 Å². The number of carbonyl (C=O) groups excluding carboxylic acids is 1. The summed E-state index contributed by atoms with van der Waals surface area (Å²) in [4.78, 5) is 14.2. The molecular weight excluding hydrogens is 236 g/mol. The van der Waals surface area contributed by atoms with Crippen molar-refractivity contribution in [3.8, 4) is 0 Å². The Morgan fingerprint density at radius 2 is 1.89 bits per heavy atom. The van der Waals surface area contributed by atoms with Crippen molar-refractivity contribution in [3.63, 3.8) is 0 Å². The number of rotatable bonds is 7. The molecule has 2 atom stereocenters. The third-order valence-corrected chi connectivity index (χ3v) is 3.65. The summed E-state index contributed by atoms with van der Waals surface area (Å²) in [6.45, 7) is 6.91. The first-order chi connectivity index (χ1) is 9.10. The zero-order chi connectivity index (χ0) is 14.3. The number of likely N-dealkylation sites (N-methyl/N-ethyl adjacent to an activating group) is 1. The fourth-order valence-electron chi connectivity index (χ4n) is 2.21. The van der Waals surface area contributed by atoms with E-state index in [4.69, 9.17) is 5.73 Å². The smallest absolute Gasteiger partial charge is 0.239 e. The molecule has 1 amide bonds. The molecule has 0 aliphatic carbocycles. The molecule has 1 aromatic rings. The van der Waals surface area contributed by atoms with E-state index in [-0.39, 0.29) is 11.9 Å². The van der Waals surface area contributed by atoms with E-state index in [1.165, 1.54) is 5.56 Å². The second kappa shape index (κ2) is 7.95. The van der Waals surface area contributed by atoms with Crippen molar-refractivity contribution < 1.29 is 4.79 Å².